The van der Waals surface area contributed by atoms with Gasteiger partial charge in [0.1, 0.15) is 12.4 Å². The Morgan fingerprint density at radius 2 is 2.08 bits per heavy atom. The van der Waals surface area contributed by atoms with E-state index >= 15 is 0 Å². The maximum Gasteiger partial charge on any atom is 0.252 e. The van der Waals surface area contributed by atoms with Crippen LogP contribution in [0.5, 0.6) is 11.6 Å². The number of ether oxygens (including phenoxy) is 2. The molecule has 1 saturated heterocycles. The van der Waals surface area contributed by atoms with Crippen LogP contribution in [0, 0.1) is 5.92 Å². The van der Waals surface area contributed by atoms with E-state index in [1.165, 1.54) is 11.8 Å². The lowest BCUT2D eigenvalue weighted by molar-refractivity contribution is -0.113. The summed E-state index contributed by atoms with van der Waals surface area (Å²) in [6.45, 7) is 3.79. The largest absolute Gasteiger partial charge is 0.497 e. The number of methoxy groups -OCH3 is 1. The lowest BCUT2D eigenvalue weighted by Crippen LogP contribution is -2.40. The molecule has 2 aliphatic heterocycles. The molecule has 0 unspecified atom stereocenters. The molecule has 37 heavy (non-hydrogen) atoms. The predicted octanol–water partition coefficient (Wildman–Crippen LogP) is 3.86. The molecule has 3 heterocycles. The van der Waals surface area contributed by atoms with Crippen LogP contribution in [0.15, 0.2) is 41.4 Å². The Morgan fingerprint density at radius 3 is 2.89 bits per heavy atom. The summed E-state index contributed by atoms with van der Waals surface area (Å²) >= 11 is 7.77. The maximum absolute atomic E-state index is 12.8. The summed E-state index contributed by atoms with van der Waals surface area (Å²) in [6, 6.07) is 8.98. The number of aromatic nitrogens is 2. The van der Waals surface area contributed by atoms with E-state index < -0.39 is 0 Å². The summed E-state index contributed by atoms with van der Waals surface area (Å²) in [6.07, 6.45) is 3.62. The lowest BCUT2D eigenvalue weighted by atomic mass is 9.96. The molecule has 0 atom stereocenters. The van der Waals surface area contributed by atoms with Crippen molar-refractivity contribution in [3.05, 3.63) is 47.1 Å². The number of nitrogens with one attached hydrogen (secondary N) is 2. The molecule has 3 aromatic rings. The predicted molar refractivity (Wildman–Crippen MR) is 144 cm³/mol. The average Bonchev–Trinajstić information content (AvgIpc) is 2.92. The number of thioether (sulfide) groups is 1. The monoisotopic (exact) mass is 541 g/mol. The normalized spacial score (nSPS) is 16.2. The summed E-state index contributed by atoms with van der Waals surface area (Å²) in [5, 5.41) is 6.22. The first-order chi connectivity index (χ1) is 18.0. The molecule has 1 aromatic heterocycles. The highest BCUT2D eigenvalue weighted by atomic mass is 35.5. The average molecular weight is 542 g/mol. The van der Waals surface area contributed by atoms with E-state index in [-0.39, 0.29) is 11.8 Å². The van der Waals surface area contributed by atoms with Gasteiger partial charge in [-0.2, -0.15) is 0 Å². The van der Waals surface area contributed by atoms with Crippen molar-refractivity contribution in [2.75, 3.05) is 51.0 Å². The SMILES string of the molecule is COc1ccc2ncc(OCCN3CCC(CNC(=O)c4cc5c(cc4Cl)SCC(=O)N5)CC3)nc2c1. The molecule has 0 radical (unpaired) electrons. The van der Waals surface area contributed by atoms with E-state index in [1.807, 2.05) is 18.2 Å². The Kier molecular flexibility index (Phi) is 7.97. The fourth-order valence-electron chi connectivity index (χ4n) is 4.47. The molecule has 1 fully saturated rings. The van der Waals surface area contributed by atoms with Crippen LogP contribution in [0.4, 0.5) is 5.69 Å². The van der Waals surface area contributed by atoms with E-state index in [0.717, 1.165) is 54.2 Å². The Labute approximate surface area is 224 Å². The first kappa shape index (κ1) is 25.6. The number of anilines is 1. The zero-order valence-corrected chi connectivity index (χ0v) is 22.0. The number of nitrogens with zero attached hydrogens (tertiary/aromatic N) is 3. The highest BCUT2D eigenvalue weighted by Gasteiger charge is 2.23. The van der Waals surface area contributed by atoms with Crippen LogP contribution in [-0.4, -0.2) is 72.3 Å². The van der Waals surface area contributed by atoms with Gasteiger partial charge in [-0.1, -0.05) is 11.6 Å². The van der Waals surface area contributed by atoms with Crippen LogP contribution in [0.2, 0.25) is 5.02 Å². The molecule has 5 rings (SSSR count). The van der Waals surface area contributed by atoms with E-state index in [1.54, 1.807) is 25.4 Å². The first-order valence-electron chi connectivity index (χ1n) is 12.2. The van der Waals surface area contributed by atoms with Crippen molar-refractivity contribution in [2.24, 2.45) is 5.92 Å². The standard InChI is InChI=1S/C26H28ClN5O4S/c1-35-17-2-3-20-21(10-17)31-25(14-28-20)36-9-8-32-6-4-16(5-7-32)13-29-26(34)18-11-22-23(12-19(18)27)37-15-24(33)30-22/h2-3,10-12,14,16H,4-9,13,15H2,1H3,(H,29,34)(H,30,33). The molecule has 2 amide bonds. The topological polar surface area (TPSA) is 106 Å². The van der Waals surface area contributed by atoms with Crippen molar-refractivity contribution >= 4 is 51.9 Å². The number of halogens is 1. The summed E-state index contributed by atoms with van der Waals surface area (Å²) < 4.78 is 11.1. The molecule has 9 nitrogen and oxygen atoms in total. The highest BCUT2D eigenvalue weighted by Crippen LogP contribution is 2.35. The van der Waals surface area contributed by atoms with Gasteiger partial charge >= 0.3 is 0 Å². The van der Waals surface area contributed by atoms with Crippen molar-refractivity contribution in [3.8, 4) is 11.6 Å². The van der Waals surface area contributed by atoms with Gasteiger partial charge in [-0.25, -0.2) is 9.97 Å². The Morgan fingerprint density at radius 1 is 1.24 bits per heavy atom. The minimum Gasteiger partial charge on any atom is -0.497 e. The van der Waals surface area contributed by atoms with Crippen LogP contribution in [0.1, 0.15) is 23.2 Å². The third-order valence-electron chi connectivity index (χ3n) is 6.59. The zero-order valence-electron chi connectivity index (χ0n) is 20.5. The molecule has 2 aliphatic rings. The van der Waals surface area contributed by atoms with E-state index in [9.17, 15) is 9.59 Å². The number of carbonyl (C=O) groups is 2. The summed E-state index contributed by atoms with van der Waals surface area (Å²) in [5.74, 6) is 1.69. The number of rotatable bonds is 8. The summed E-state index contributed by atoms with van der Waals surface area (Å²) in [5.41, 5.74) is 2.55. The van der Waals surface area contributed by atoms with Gasteiger partial charge < -0.3 is 20.1 Å². The van der Waals surface area contributed by atoms with Gasteiger partial charge in [0.05, 0.1) is 46.4 Å². The lowest BCUT2D eigenvalue weighted by Gasteiger charge is -2.31. The van der Waals surface area contributed by atoms with Gasteiger partial charge in [-0.05, 0) is 56.1 Å². The first-order valence-corrected chi connectivity index (χ1v) is 13.5. The van der Waals surface area contributed by atoms with Gasteiger partial charge in [0.2, 0.25) is 11.8 Å². The smallest absolute Gasteiger partial charge is 0.252 e. The van der Waals surface area contributed by atoms with E-state index in [2.05, 4.69) is 25.5 Å². The number of hydrogen-bond acceptors (Lipinski definition) is 8. The number of carbonyl (C=O) groups excluding carboxylic acids is 2. The number of piperidine rings is 1. The number of benzene rings is 2. The number of hydrogen-bond donors (Lipinski definition) is 2. The molecule has 0 saturated carbocycles. The molecule has 0 aliphatic carbocycles. The Balaban J connectivity index is 1.05. The van der Waals surface area contributed by atoms with Gasteiger partial charge in [0.15, 0.2) is 0 Å². The van der Waals surface area contributed by atoms with Gasteiger partial charge in [0.25, 0.3) is 5.91 Å². The molecule has 11 heteroatoms. The minimum atomic E-state index is -0.220. The van der Waals surface area contributed by atoms with Crippen molar-refractivity contribution in [1.29, 1.82) is 0 Å². The molecule has 0 bridgehead atoms. The van der Waals surface area contributed by atoms with E-state index in [0.29, 0.717) is 47.0 Å². The molecule has 2 N–H and O–H groups in total. The second-order valence-corrected chi connectivity index (χ2v) is 10.5. The van der Waals surface area contributed by atoms with Gasteiger partial charge in [0, 0.05) is 24.1 Å². The van der Waals surface area contributed by atoms with Crippen molar-refractivity contribution in [2.45, 2.75) is 17.7 Å². The molecular formula is C26H28ClN5O4S. The fraction of sp³-hybridized carbons (Fsp3) is 0.385. The third kappa shape index (κ3) is 6.26. The fourth-order valence-corrected chi connectivity index (χ4v) is 5.61. The number of amides is 2. The zero-order chi connectivity index (χ0) is 25.8. The van der Waals surface area contributed by atoms with Crippen LogP contribution >= 0.6 is 23.4 Å². The quantitative estimate of drug-likeness (QED) is 0.443. The third-order valence-corrected chi connectivity index (χ3v) is 7.96. The van der Waals surface area contributed by atoms with Crippen molar-refractivity contribution in [1.82, 2.24) is 20.2 Å². The van der Waals surface area contributed by atoms with Crippen molar-refractivity contribution in [3.63, 3.8) is 0 Å². The summed E-state index contributed by atoms with van der Waals surface area (Å²) in [4.78, 5) is 36.6. The highest BCUT2D eigenvalue weighted by molar-refractivity contribution is 8.00. The number of fused-ring (bicyclic) bond motifs is 2. The second kappa shape index (κ2) is 11.5. The maximum atomic E-state index is 12.8. The van der Waals surface area contributed by atoms with E-state index in [4.69, 9.17) is 21.1 Å². The van der Waals surface area contributed by atoms with Gasteiger partial charge in [-0.15, -0.1) is 11.8 Å². The molecule has 0 spiro atoms. The van der Waals surface area contributed by atoms with Crippen LogP contribution < -0.4 is 20.1 Å². The molecular weight excluding hydrogens is 514 g/mol. The number of likely N-dealkylation sites (tertiary alicyclic amines) is 1. The Bertz CT molecular complexity index is 1320. The second-order valence-electron chi connectivity index (χ2n) is 9.07. The van der Waals surface area contributed by atoms with Crippen LogP contribution in [0.25, 0.3) is 11.0 Å². The van der Waals surface area contributed by atoms with Crippen LogP contribution in [0.3, 0.4) is 0 Å². The van der Waals surface area contributed by atoms with Crippen LogP contribution in [-0.2, 0) is 4.79 Å². The van der Waals surface area contributed by atoms with Gasteiger partial charge in [-0.3, -0.25) is 14.5 Å². The molecule has 194 valence electrons. The Hall–Kier alpha value is -3.08. The minimum absolute atomic E-state index is 0.0748. The summed E-state index contributed by atoms with van der Waals surface area (Å²) in [7, 11) is 1.62. The molecule has 2 aromatic carbocycles. The van der Waals surface area contributed by atoms with Crippen molar-refractivity contribution < 1.29 is 19.1 Å².